The average molecular weight is 339 g/mol. The van der Waals surface area contributed by atoms with Gasteiger partial charge in [-0.25, -0.2) is 9.78 Å². The van der Waals surface area contributed by atoms with Gasteiger partial charge >= 0.3 is 5.97 Å². The number of aromatic carboxylic acids is 1. The molecule has 0 saturated heterocycles. The predicted octanol–water partition coefficient (Wildman–Crippen LogP) is 3.25. The van der Waals surface area contributed by atoms with E-state index >= 15 is 0 Å². The Hall–Kier alpha value is -1.92. The number of aromatic nitrogens is 1. The Morgan fingerprint density at radius 1 is 1.23 bits per heavy atom. The van der Waals surface area contributed by atoms with E-state index in [4.69, 9.17) is 16.7 Å². The third-order valence-electron chi connectivity index (χ3n) is 3.01. The van der Waals surface area contributed by atoms with Gasteiger partial charge in [0.05, 0.1) is 9.90 Å². The van der Waals surface area contributed by atoms with Gasteiger partial charge in [-0.2, -0.15) is 0 Å². The molecule has 22 heavy (non-hydrogen) atoms. The summed E-state index contributed by atoms with van der Waals surface area (Å²) in [6.45, 7) is 0.568. The molecular formula is C15H15ClN2O3S. The van der Waals surface area contributed by atoms with Crippen LogP contribution in [0.5, 0.6) is 0 Å². The summed E-state index contributed by atoms with van der Waals surface area (Å²) >= 11 is 7.43. The molecule has 0 aliphatic carbocycles. The number of nitrogens with zero attached hydrogens (tertiary/aromatic N) is 1. The molecule has 1 amide bonds. The largest absolute Gasteiger partial charge is 0.477 e. The number of carbonyl (C=O) groups excluding carboxylic acids is 1. The lowest BCUT2D eigenvalue weighted by Crippen LogP contribution is -2.24. The van der Waals surface area contributed by atoms with Gasteiger partial charge in [0.25, 0.3) is 5.91 Å². The van der Waals surface area contributed by atoms with Crippen molar-refractivity contribution < 1.29 is 14.7 Å². The normalized spacial score (nSPS) is 10.4. The van der Waals surface area contributed by atoms with Crippen molar-refractivity contribution in [3.05, 3.63) is 50.9 Å². The van der Waals surface area contributed by atoms with Crippen molar-refractivity contribution >= 4 is 34.8 Å². The van der Waals surface area contributed by atoms with Crippen LogP contribution in [0, 0.1) is 0 Å². The molecule has 0 radical (unpaired) electrons. The quantitative estimate of drug-likeness (QED) is 0.759. The maximum absolute atomic E-state index is 11.8. The Morgan fingerprint density at radius 2 is 2.05 bits per heavy atom. The number of halogens is 1. The van der Waals surface area contributed by atoms with Gasteiger partial charge in [-0.3, -0.25) is 4.79 Å². The molecule has 0 aliphatic rings. The van der Waals surface area contributed by atoms with Gasteiger partial charge in [-0.1, -0.05) is 11.6 Å². The Kier molecular flexibility index (Phi) is 5.91. The number of thiophene rings is 1. The first-order chi connectivity index (χ1) is 10.6. The molecule has 2 aromatic rings. The van der Waals surface area contributed by atoms with Crippen molar-refractivity contribution in [2.24, 2.45) is 0 Å². The van der Waals surface area contributed by atoms with Gasteiger partial charge < -0.3 is 10.4 Å². The van der Waals surface area contributed by atoms with Crippen LogP contribution in [0.25, 0.3) is 0 Å². The molecule has 0 aliphatic heterocycles. The molecular weight excluding hydrogens is 324 g/mol. The zero-order chi connectivity index (χ0) is 15.9. The van der Waals surface area contributed by atoms with Crippen molar-refractivity contribution in [1.82, 2.24) is 10.3 Å². The van der Waals surface area contributed by atoms with E-state index in [0.717, 1.165) is 23.6 Å². The van der Waals surface area contributed by atoms with E-state index in [2.05, 4.69) is 10.3 Å². The number of hydrogen-bond donors (Lipinski definition) is 2. The van der Waals surface area contributed by atoms with E-state index in [-0.39, 0.29) is 11.6 Å². The zero-order valence-corrected chi connectivity index (χ0v) is 13.3. The second-order valence-electron chi connectivity index (χ2n) is 4.66. The fourth-order valence-electron chi connectivity index (χ4n) is 1.87. The third kappa shape index (κ3) is 4.82. The number of amides is 1. The van der Waals surface area contributed by atoms with Crippen LogP contribution in [-0.4, -0.2) is 28.5 Å². The lowest BCUT2D eigenvalue weighted by atomic mass is 10.2. The highest BCUT2D eigenvalue weighted by Crippen LogP contribution is 2.22. The molecule has 0 unspecified atom stereocenters. The molecule has 5 nitrogen and oxygen atoms in total. The average Bonchev–Trinajstić information content (AvgIpc) is 2.92. The highest BCUT2D eigenvalue weighted by molar-refractivity contribution is 7.16. The van der Waals surface area contributed by atoms with Gasteiger partial charge in [0.2, 0.25) is 0 Å². The first kappa shape index (κ1) is 16.5. The summed E-state index contributed by atoms with van der Waals surface area (Å²) in [5.41, 5.74) is 0.279. The molecule has 2 heterocycles. The van der Waals surface area contributed by atoms with Crippen LogP contribution in [0.2, 0.25) is 4.34 Å². The lowest BCUT2D eigenvalue weighted by Gasteiger charge is -2.05. The number of carboxylic acid groups (broad SMARTS) is 1. The SMILES string of the molecule is O=C(NCCCCc1ccc(Cl)s1)c1ccc(C(=O)O)nc1. The Labute approximate surface area is 137 Å². The van der Waals surface area contributed by atoms with E-state index in [0.29, 0.717) is 12.1 Å². The highest BCUT2D eigenvalue weighted by Gasteiger charge is 2.08. The summed E-state index contributed by atoms with van der Waals surface area (Å²) in [5, 5.41) is 11.5. The smallest absolute Gasteiger partial charge is 0.354 e. The number of nitrogens with one attached hydrogen (secondary N) is 1. The fourth-order valence-corrected chi connectivity index (χ4v) is 3.00. The summed E-state index contributed by atoms with van der Waals surface area (Å²) in [6.07, 6.45) is 4.05. The molecule has 0 saturated carbocycles. The van der Waals surface area contributed by atoms with Crippen LogP contribution in [0.1, 0.15) is 38.6 Å². The minimum atomic E-state index is -1.11. The van der Waals surface area contributed by atoms with E-state index in [1.165, 1.54) is 23.2 Å². The van der Waals surface area contributed by atoms with Gasteiger partial charge in [0.15, 0.2) is 0 Å². The number of aryl methyl sites for hydroxylation is 1. The summed E-state index contributed by atoms with van der Waals surface area (Å²) in [6, 6.07) is 6.68. The van der Waals surface area contributed by atoms with Crippen LogP contribution >= 0.6 is 22.9 Å². The summed E-state index contributed by atoms with van der Waals surface area (Å²) in [4.78, 5) is 27.5. The van der Waals surface area contributed by atoms with Crippen LogP contribution in [0.3, 0.4) is 0 Å². The number of hydrogen-bond acceptors (Lipinski definition) is 4. The van der Waals surface area contributed by atoms with Gasteiger partial charge in [0, 0.05) is 17.6 Å². The zero-order valence-electron chi connectivity index (χ0n) is 11.7. The lowest BCUT2D eigenvalue weighted by molar-refractivity contribution is 0.0689. The third-order valence-corrected chi connectivity index (χ3v) is 4.30. The molecule has 116 valence electrons. The summed E-state index contributed by atoms with van der Waals surface area (Å²) < 4.78 is 0.792. The maximum Gasteiger partial charge on any atom is 0.354 e. The van der Waals surface area contributed by atoms with Crippen LogP contribution < -0.4 is 5.32 Å². The van der Waals surface area contributed by atoms with Gasteiger partial charge in [0.1, 0.15) is 5.69 Å². The molecule has 0 atom stereocenters. The van der Waals surface area contributed by atoms with E-state index < -0.39 is 5.97 Å². The molecule has 2 N–H and O–H groups in total. The minimum Gasteiger partial charge on any atom is -0.477 e. The van der Waals surface area contributed by atoms with Crippen molar-refractivity contribution in [2.45, 2.75) is 19.3 Å². The number of carbonyl (C=O) groups is 2. The molecule has 0 spiro atoms. The topological polar surface area (TPSA) is 79.3 Å². The summed E-state index contributed by atoms with van der Waals surface area (Å²) in [5.74, 6) is -1.36. The number of unbranched alkanes of at least 4 members (excludes halogenated alkanes) is 1. The number of carboxylic acids is 1. The van der Waals surface area contributed by atoms with E-state index in [9.17, 15) is 9.59 Å². The number of rotatable bonds is 7. The van der Waals surface area contributed by atoms with Crippen molar-refractivity contribution in [3.8, 4) is 0 Å². The monoisotopic (exact) mass is 338 g/mol. The molecule has 0 aromatic carbocycles. The highest BCUT2D eigenvalue weighted by atomic mass is 35.5. The van der Waals surface area contributed by atoms with Crippen molar-refractivity contribution in [3.63, 3.8) is 0 Å². The van der Waals surface area contributed by atoms with E-state index in [1.54, 1.807) is 11.3 Å². The first-order valence-electron chi connectivity index (χ1n) is 6.78. The summed E-state index contributed by atoms with van der Waals surface area (Å²) in [7, 11) is 0. The standard InChI is InChI=1S/C15H15ClN2O3S/c16-13-7-5-11(22-13)3-1-2-8-17-14(19)10-4-6-12(15(20)21)18-9-10/h4-7,9H,1-3,8H2,(H,17,19)(H,20,21). The predicted molar refractivity (Wildman–Crippen MR) is 85.8 cm³/mol. The molecule has 2 rings (SSSR count). The Balaban J connectivity index is 1.70. The molecule has 0 fully saturated rings. The second kappa shape index (κ2) is 7.91. The maximum atomic E-state index is 11.8. The molecule has 0 bridgehead atoms. The van der Waals surface area contributed by atoms with Crippen LogP contribution in [-0.2, 0) is 6.42 Å². The van der Waals surface area contributed by atoms with Crippen molar-refractivity contribution in [2.75, 3.05) is 6.54 Å². The van der Waals surface area contributed by atoms with Crippen molar-refractivity contribution in [1.29, 1.82) is 0 Å². The van der Waals surface area contributed by atoms with Gasteiger partial charge in [-0.05, 0) is 43.5 Å². The second-order valence-corrected chi connectivity index (χ2v) is 6.46. The van der Waals surface area contributed by atoms with Gasteiger partial charge in [-0.15, -0.1) is 11.3 Å². The number of pyridine rings is 1. The minimum absolute atomic E-state index is 0.0776. The van der Waals surface area contributed by atoms with Crippen LogP contribution in [0.15, 0.2) is 30.5 Å². The van der Waals surface area contributed by atoms with Crippen LogP contribution in [0.4, 0.5) is 0 Å². The Bertz CT molecular complexity index is 655. The fraction of sp³-hybridized carbons (Fsp3) is 0.267. The first-order valence-corrected chi connectivity index (χ1v) is 7.97. The Morgan fingerprint density at radius 3 is 2.64 bits per heavy atom. The molecule has 7 heteroatoms. The van der Waals surface area contributed by atoms with E-state index in [1.807, 2.05) is 12.1 Å². The molecule has 2 aromatic heterocycles.